The largest absolute Gasteiger partial charge is 0.412 e. The number of rotatable bonds is 11. The molecule has 0 saturated carbocycles. The zero-order valence-corrected chi connectivity index (χ0v) is 28.6. The van der Waals surface area contributed by atoms with E-state index in [9.17, 15) is 0 Å². The van der Waals surface area contributed by atoms with Gasteiger partial charge in [-0.05, 0) is 98.2 Å². The normalized spacial score (nSPS) is 28.8. The van der Waals surface area contributed by atoms with Crippen LogP contribution in [0.1, 0.15) is 0 Å². The van der Waals surface area contributed by atoms with Gasteiger partial charge in [-0.1, -0.05) is 0 Å². The summed E-state index contributed by atoms with van der Waals surface area (Å²) < 4.78 is 40.3. The Hall–Kier alpha value is 0.844. The van der Waals surface area contributed by atoms with Crippen molar-refractivity contribution in [2.45, 2.75) is 122 Å². The van der Waals surface area contributed by atoms with Gasteiger partial charge in [-0.3, -0.25) is 0 Å². The molecule has 0 spiro atoms. The minimum atomic E-state index is -2.02. The summed E-state index contributed by atoms with van der Waals surface area (Å²) in [6.07, 6.45) is -0.838. The Labute approximate surface area is 203 Å². The van der Waals surface area contributed by atoms with Gasteiger partial charge in [-0.15, -0.1) is 0 Å². The van der Waals surface area contributed by atoms with Crippen molar-refractivity contribution >= 4 is 41.6 Å². The molecule has 192 valence electrons. The van der Waals surface area contributed by atoms with E-state index in [-0.39, 0.29) is 12.2 Å². The predicted octanol–water partition coefficient (Wildman–Crippen LogP) is 6.08. The molecule has 0 bridgehead atoms. The van der Waals surface area contributed by atoms with Crippen LogP contribution in [0.3, 0.4) is 0 Å². The van der Waals surface area contributed by atoms with Crippen LogP contribution in [0.2, 0.25) is 98.2 Å². The fraction of sp³-hybridized carbons (Fsp3) is 1.00. The third-order valence-electron chi connectivity index (χ3n) is 4.25. The smallest absolute Gasteiger partial charge is 0.209 e. The summed E-state index contributed by atoms with van der Waals surface area (Å²) in [4.78, 5) is 0. The lowest BCUT2D eigenvalue weighted by atomic mass is 9.97. The van der Waals surface area contributed by atoms with Crippen molar-refractivity contribution in [1.29, 1.82) is 0 Å². The topological polar surface area (TPSA) is 55.4 Å². The van der Waals surface area contributed by atoms with Crippen molar-refractivity contribution < 1.29 is 26.9 Å². The number of hydrogen-bond acceptors (Lipinski definition) is 6. The summed E-state index contributed by atoms with van der Waals surface area (Å²) in [7, 11) is -9.58. The van der Waals surface area contributed by atoms with Crippen LogP contribution in [-0.2, 0) is 26.9 Å². The molecular weight excluding hydrogens is 489 g/mol. The molecule has 6 nitrogen and oxygen atoms in total. The molecule has 1 unspecified atom stereocenters. The second-order valence-corrected chi connectivity index (χ2v) is 36.2. The van der Waals surface area contributed by atoms with E-state index >= 15 is 0 Å². The summed E-state index contributed by atoms with van der Waals surface area (Å²) in [5, 5.41) is 0. The first-order valence-corrected chi connectivity index (χ1v) is 29.0. The van der Waals surface area contributed by atoms with Gasteiger partial charge in [-0.2, -0.15) is 0 Å². The fourth-order valence-corrected chi connectivity index (χ4v) is 8.74. The van der Waals surface area contributed by atoms with Crippen LogP contribution in [0, 0.1) is 0 Å². The second-order valence-electron chi connectivity index (χ2n) is 13.9. The summed E-state index contributed by atoms with van der Waals surface area (Å²) in [6.45, 7) is 33.9. The van der Waals surface area contributed by atoms with E-state index in [1.807, 2.05) is 0 Å². The Balaban J connectivity index is 3.59. The van der Waals surface area contributed by atoms with Crippen LogP contribution in [0.4, 0.5) is 0 Å². The molecule has 1 saturated heterocycles. The number of hydrogen-bond donors (Lipinski definition) is 0. The van der Waals surface area contributed by atoms with Crippen LogP contribution in [0.5, 0.6) is 0 Å². The zero-order valence-electron chi connectivity index (χ0n) is 23.6. The van der Waals surface area contributed by atoms with E-state index in [4.69, 9.17) is 26.9 Å². The Bertz CT molecular complexity index is 600. The molecule has 0 amide bonds. The van der Waals surface area contributed by atoms with Gasteiger partial charge in [0.25, 0.3) is 0 Å². The van der Waals surface area contributed by atoms with Gasteiger partial charge in [0.1, 0.15) is 12.2 Å². The van der Waals surface area contributed by atoms with Gasteiger partial charge in [0.2, 0.25) is 5.79 Å². The molecule has 0 aromatic carbocycles. The summed E-state index contributed by atoms with van der Waals surface area (Å²) in [6, 6.07) is 0. The first-order valence-electron chi connectivity index (χ1n) is 11.9. The summed E-state index contributed by atoms with van der Waals surface area (Å²) >= 11 is 0. The SMILES string of the molecule is C[Si](C)(C)OC[C@@]1(O[Si](C)(C)C)OC[C@@H](O[Si](C)(C)C)[C@H](O[Si](C)(C)C)C1O[Si](C)(C)C. The van der Waals surface area contributed by atoms with Crippen LogP contribution in [0.15, 0.2) is 0 Å². The molecule has 0 aromatic rings. The third kappa shape index (κ3) is 11.5. The highest BCUT2D eigenvalue weighted by Crippen LogP contribution is 2.39. The Morgan fingerprint density at radius 1 is 0.625 bits per heavy atom. The van der Waals surface area contributed by atoms with E-state index in [1.54, 1.807) is 0 Å². The average Bonchev–Trinajstić information content (AvgIpc) is 2.46. The number of ether oxygens (including phenoxy) is 1. The van der Waals surface area contributed by atoms with E-state index in [0.29, 0.717) is 13.2 Å². The molecule has 0 N–H and O–H groups in total. The van der Waals surface area contributed by atoms with Crippen molar-refractivity contribution in [3.05, 3.63) is 0 Å². The molecule has 0 aromatic heterocycles. The van der Waals surface area contributed by atoms with Crippen LogP contribution < -0.4 is 0 Å². The van der Waals surface area contributed by atoms with E-state index in [0.717, 1.165) is 0 Å². The lowest BCUT2D eigenvalue weighted by Gasteiger charge is -2.54. The molecule has 1 aliphatic heterocycles. The molecule has 0 radical (unpaired) electrons. The van der Waals surface area contributed by atoms with Crippen molar-refractivity contribution in [2.24, 2.45) is 0 Å². The average molecular weight is 541 g/mol. The van der Waals surface area contributed by atoms with Crippen LogP contribution in [-0.4, -0.2) is 78.9 Å². The predicted molar refractivity (Wildman–Crippen MR) is 147 cm³/mol. The first kappa shape index (κ1) is 30.9. The van der Waals surface area contributed by atoms with Crippen LogP contribution in [0.25, 0.3) is 0 Å². The highest BCUT2D eigenvalue weighted by atomic mass is 28.4. The lowest BCUT2D eigenvalue weighted by Crippen LogP contribution is -2.71. The highest BCUT2D eigenvalue weighted by molar-refractivity contribution is 6.71. The summed E-state index contributed by atoms with van der Waals surface area (Å²) in [5.41, 5.74) is 0. The monoisotopic (exact) mass is 540 g/mol. The van der Waals surface area contributed by atoms with E-state index in [1.165, 1.54) is 0 Å². The van der Waals surface area contributed by atoms with Crippen LogP contribution >= 0.6 is 0 Å². The molecule has 32 heavy (non-hydrogen) atoms. The zero-order chi connectivity index (χ0) is 25.4. The quantitative estimate of drug-likeness (QED) is 0.296. The molecule has 0 aliphatic carbocycles. The van der Waals surface area contributed by atoms with E-state index in [2.05, 4.69) is 98.2 Å². The highest BCUT2D eigenvalue weighted by Gasteiger charge is 2.58. The fourth-order valence-electron chi connectivity index (χ4n) is 3.56. The van der Waals surface area contributed by atoms with Gasteiger partial charge in [0, 0.05) is 0 Å². The minimum Gasteiger partial charge on any atom is -0.412 e. The summed E-state index contributed by atoms with van der Waals surface area (Å²) in [5.74, 6) is -0.991. The van der Waals surface area contributed by atoms with Gasteiger partial charge >= 0.3 is 0 Å². The van der Waals surface area contributed by atoms with Gasteiger partial charge in [-0.25, -0.2) is 0 Å². The van der Waals surface area contributed by atoms with Crippen molar-refractivity contribution in [1.82, 2.24) is 0 Å². The van der Waals surface area contributed by atoms with Gasteiger partial charge < -0.3 is 26.9 Å². The molecule has 1 aliphatic rings. The van der Waals surface area contributed by atoms with Crippen molar-refractivity contribution in [3.63, 3.8) is 0 Å². The maximum Gasteiger partial charge on any atom is 0.209 e. The van der Waals surface area contributed by atoms with Crippen molar-refractivity contribution in [2.75, 3.05) is 13.2 Å². The van der Waals surface area contributed by atoms with Crippen molar-refractivity contribution in [3.8, 4) is 0 Å². The Morgan fingerprint density at radius 3 is 1.47 bits per heavy atom. The Kier molecular flexibility index (Phi) is 10.1. The van der Waals surface area contributed by atoms with Gasteiger partial charge in [0.05, 0.1) is 19.3 Å². The first-order chi connectivity index (χ1) is 13.9. The maximum atomic E-state index is 6.89. The lowest BCUT2D eigenvalue weighted by molar-refractivity contribution is -0.311. The molecular formula is C21H52O6Si5. The Morgan fingerprint density at radius 2 is 1.09 bits per heavy atom. The standard InChI is InChI=1S/C21H52O6Si5/c1-28(2,3)23-17-21(27-32(13,14)15)20(26-31(10,11)12)19(25-30(7,8)9)18(16-22-21)24-29(4,5)6/h18-20H,16-17H2,1-15H3/t18-,19+,20?,21+/m1/s1. The maximum absolute atomic E-state index is 6.89. The minimum absolute atomic E-state index is 0.181. The van der Waals surface area contributed by atoms with E-state index < -0.39 is 53.5 Å². The molecule has 4 atom stereocenters. The molecule has 1 heterocycles. The second kappa shape index (κ2) is 10.4. The molecule has 1 fully saturated rings. The van der Waals surface area contributed by atoms with Gasteiger partial charge in [0.15, 0.2) is 41.6 Å². The third-order valence-corrected chi connectivity index (χ3v) is 9.17. The molecule has 11 heteroatoms. The molecule has 1 rings (SSSR count).